The Morgan fingerprint density at radius 1 is 1.26 bits per heavy atom. The molecule has 1 saturated heterocycles. The van der Waals surface area contributed by atoms with Gasteiger partial charge in [0.1, 0.15) is 5.82 Å². The van der Waals surface area contributed by atoms with Crippen molar-refractivity contribution in [2.45, 2.75) is 49.5 Å². The van der Waals surface area contributed by atoms with Crippen LogP contribution in [0, 0.1) is 19.7 Å². The Bertz CT molecular complexity index is 440. The van der Waals surface area contributed by atoms with E-state index in [0.717, 1.165) is 16.9 Å². The van der Waals surface area contributed by atoms with E-state index in [-0.39, 0.29) is 11.1 Å². The monoisotopic (exact) mass is 300 g/mol. The molecule has 0 aromatic heterocycles. The maximum atomic E-state index is 14.1. The van der Waals surface area contributed by atoms with E-state index in [1.54, 1.807) is 11.8 Å². The van der Waals surface area contributed by atoms with Gasteiger partial charge in [-0.1, -0.05) is 19.9 Å². The predicted octanol–water partition coefficient (Wildman–Crippen LogP) is 4.10. The molecule has 1 aliphatic heterocycles. The van der Waals surface area contributed by atoms with Crippen molar-refractivity contribution in [2.75, 3.05) is 5.75 Å². The van der Waals surface area contributed by atoms with Crippen LogP contribution in [0.5, 0.6) is 0 Å². The minimum atomic E-state index is -0.715. The number of hydrogen-bond acceptors (Lipinski definition) is 3. The van der Waals surface area contributed by atoms with Gasteiger partial charge in [0.15, 0.2) is 0 Å². The fourth-order valence-electron chi connectivity index (χ4n) is 2.46. The molecule has 0 amide bonds. The Labute approximate surface area is 123 Å². The molecule has 1 N–H and O–H groups in total. The van der Waals surface area contributed by atoms with Crippen LogP contribution in [-0.2, 0) is 0 Å². The molecule has 0 saturated carbocycles. The van der Waals surface area contributed by atoms with Crippen molar-refractivity contribution in [1.29, 1.82) is 0 Å². The fourth-order valence-corrected chi connectivity index (χ4v) is 5.44. The van der Waals surface area contributed by atoms with Crippen LogP contribution in [0.1, 0.15) is 36.6 Å². The van der Waals surface area contributed by atoms with Crippen LogP contribution in [0.4, 0.5) is 4.39 Å². The van der Waals surface area contributed by atoms with E-state index in [0.29, 0.717) is 16.1 Å². The number of aryl methyl sites for hydroxylation is 2. The zero-order valence-electron chi connectivity index (χ0n) is 11.8. The molecule has 106 valence electrons. The lowest BCUT2D eigenvalue weighted by Gasteiger charge is -2.34. The standard InChI is InChI=1S/C15H21FOS2/c1-8-5-9(2)14(12(16)6-8)15(17)13-7-18-10(3)11(4)19-13/h5-6,10-11,13,15,17H,7H2,1-4H3. The van der Waals surface area contributed by atoms with Crippen molar-refractivity contribution < 1.29 is 9.50 Å². The molecular weight excluding hydrogens is 279 g/mol. The second-order valence-corrected chi connectivity index (χ2v) is 8.37. The van der Waals surface area contributed by atoms with E-state index in [2.05, 4.69) is 13.8 Å². The highest BCUT2D eigenvalue weighted by atomic mass is 32.2. The van der Waals surface area contributed by atoms with Crippen molar-refractivity contribution in [3.8, 4) is 0 Å². The molecule has 2 rings (SSSR count). The van der Waals surface area contributed by atoms with Gasteiger partial charge in [-0.05, 0) is 31.0 Å². The topological polar surface area (TPSA) is 20.2 Å². The van der Waals surface area contributed by atoms with Gasteiger partial charge in [-0.15, -0.1) is 0 Å². The molecule has 1 heterocycles. The minimum Gasteiger partial charge on any atom is -0.387 e. The summed E-state index contributed by atoms with van der Waals surface area (Å²) in [5.74, 6) is 0.603. The zero-order chi connectivity index (χ0) is 14.2. The summed E-state index contributed by atoms with van der Waals surface area (Å²) in [5.41, 5.74) is 2.23. The van der Waals surface area contributed by atoms with Crippen molar-refractivity contribution in [3.63, 3.8) is 0 Å². The Morgan fingerprint density at radius 2 is 1.95 bits per heavy atom. The quantitative estimate of drug-likeness (QED) is 0.888. The maximum Gasteiger partial charge on any atom is 0.129 e. The van der Waals surface area contributed by atoms with Crippen molar-refractivity contribution in [2.24, 2.45) is 0 Å². The molecule has 1 aromatic carbocycles. The van der Waals surface area contributed by atoms with Crippen LogP contribution in [0.15, 0.2) is 12.1 Å². The number of hydrogen-bond donors (Lipinski definition) is 1. The minimum absolute atomic E-state index is 0.0760. The number of rotatable bonds is 2. The van der Waals surface area contributed by atoms with E-state index >= 15 is 0 Å². The Kier molecular flexibility index (Phi) is 4.85. The van der Waals surface area contributed by atoms with Gasteiger partial charge in [-0.25, -0.2) is 4.39 Å². The van der Waals surface area contributed by atoms with E-state index in [1.165, 1.54) is 6.07 Å². The molecule has 0 radical (unpaired) electrons. The molecule has 4 unspecified atom stereocenters. The van der Waals surface area contributed by atoms with Crippen LogP contribution in [-0.4, -0.2) is 26.6 Å². The van der Waals surface area contributed by atoms with Gasteiger partial charge >= 0.3 is 0 Å². The van der Waals surface area contributed by atoms with Gasteiger partial charge in [0.2, 0.25) is 0 Å². The first kappa shape index (κ1) is 15.2. The third kappa shape index (κ3) is 3.29. The Morgan fingerprint density at radius 3 is 2.53 bits per heavy atom. The second kappa shape index (κ2) is 6.06. The molecule has 1 aromatic rings. The highest BCUT2D eigenvalue weighted by Gasteiger charge is 2.32. The van der Waals surface area contributed by atoms with E-state index < -0.39 is 6.10 Å². The lowest BCUT2D eigenvalue weighted by Crippen LogP contribution is -2.31. The van der Waals surface area contributed by atoms with E-state index in [9.17, 15) is 9.50 Å². The molecule has 0 aliphatic carbocycles. The predicted molar refractivity (Wildman–Crippen MR) is 83.6 cm³/mol. The molecule has 0 spiro atoms. The van der Waals surface area contributed by atoms with Gasteiger partial charge in [0.25, 0.3) is 0 Å². The summed E-state index contributed by atoms with van der Waals surface area (Å²) in [5, 5.41) is 11.7. The first-order valence-electron chi connectivity index (χ1n) is 6.62. The highest BCUT2D eigenvalue weighted by Crippen LogP contribution is 2.42. The van der Waals surface area contributed by atoms with Gasteiger partial charge in [-0.3, -0.25) is 0 Å². The molecule has 1 fully saturated rings. The number of aliphatic hydroxyl groups is 1. The average Bonchev–Trinajstić information content (AvgIpc) is 2.31. The highest BCUT2D eigenvalue weighted by molar-refractivity contribution is 8.07. The Hall–Kier alpha value is -0.190. The number of thioether (sulfide) groups is 2. The van der Waals surface area contributed by atoms with Gasteiger partial charge in [-0.2, -0.15) is 23.5 Å². The third-order valence-corrected chi connectivity index (χ3v) is 7.18. The SMILES string of the molecule is Cc1cc(C)c(C(O)C2CSC(C)C(C)S2)c(F)c1. The van der Waals surface area contributed by atoms with Crippen LogP contribution in [0.3, 0.4) is 0 Å². The largest absolute Gasteiger partial charge is 0.387 e. The first-order valence-corrected chi connectivity index (χ1v) is 8.61. The summed E-state index contributed by atoms with van der Waals surface area (Å²) in [6, 6.07) is 3.45. The van der Waals surface area contributed by atoms with Crippen LogP contribution >= 0.6 is 23.5 Å². The average molecular weight is 300 g/mol. The molecule has 1 nitrogen and oxygen atoms in total. The number of benzene rings is 1. The summed E-state index contributed by atoms with van der Waals surface area (Å²) in [6.07, 6.45) is -0.715. The lowest BCUT2D eigenvalue weighted by atomic mass is 9.98. The smallest absolute Gasteiger partial charge is 0.129 e. The second-order valence-electron chi connectivity index (χ2n) is 5.34. The molecule has 4 atom stereocenters. The Balaban J connectivity index is 2.23. The molecule has 4 heteroatoms. The van der Waals surface area contributed by atoms with Gasteiger partial charge < -0.3 is 5.11 Å². The summed E-state index contributed by atoms with van der Waals surface area (Å²) in [4.78, 5) is 0. The lowest BCUT2D eigenvalue weighted by molar-refractivity contribution is 0.174. The summed E-state index contributed by atoms with van der Waals surface area (Å²) < 4.78 is 14.1. The first-order chi connectivity index (χ1) is 8.90. The fraction of sp³-hybridized carbons (Fsp3) is 0.600. The number of aliphatic hydroxyl groups excluding tert-OH is 1. The zero-order valence-corrected chi connectivity index (χ0v) is 13.4. The van der Waals surface area contributed by atoms with Crippen LogP contribution < -0.4 is 0 Å². The molecule has 19 heavy (non-hydrogen) atoms. The van der Waals surface area contributed by atoms with Crippen molar-refractivity contribution >= 4 is 23.5 Å². The summed E-state index contributed by atoms with van der Waals surface area (Å²) in [6.45, 7) is 8.14. The van der Waals surface area contributed by atoms with Crippen LogP contribution in [0.25, 0.3) is 0 Å². The van der Waals surface area contributed by atoms with Gasteiger partial charge in [0.05, 0.1) is 6.10 Å². The molecular formula is C15H21FOS2. The maximum absolute atomic E-state index is 14.1. The summed E-state index contributed by atoms with van der Waals surface area (Å²) >= 11 is 3.65. The molecule has 1 aliphatic rings. The summed E-state index contributed by atoms with van der Waals surface area (Å²) in [7, 11) is 0. The van der Waals surface area contributed by atoms with E-state index in [4.69, 9.17) is 0 Å². The van der Waals surface area contributed by atoms with E-state index in [1.807, 2.05) is 31.7 Å². The van der Waals surface area contributed by atoms with Crippen molar-refractivity contribution in [3.05, 3.63) is 34.6 Å². The van der Waals surface area contributed by atoms with Crippen LogP contribution in [0.2, 0.25) is 0 Å². The van der Waals surface area contributed by atoms with Crippen molar-refractivity contribution in [1.82, 2.24) is 0 Å². The third-order valence-electron chi connectivity index (χ3n) is 3.70. The van der Waals surface area contributed by atoms with Gasteiger partial charge in [0, 0.05) is 27.1 Å². The number of halogens is 1. The normalized spacial score (nSPS) is 29.3. The molecule has 0 bridgehead atoms.